The van der Waals surface area contributed by atoms with Crippen LogP contribution in [-0.2, 0) is 12.8 Å². The average molecular weight is 334 g/mol. The predicted octanol–water partition coefficient (Wildman–Crippen LogP) is 3.82. The van der Waals surface area contributed by atoms with Gasteiger partial charge in [-0.05, 0) is 60.7 Å². The SMILES string of the molecule is COc1ccc(CC(CN)Cc2ccc(Br)cc2)cc1. The molecule has 1 unspecified atom stereocenters. The molecule has 20 heavy (non-hydrogen) atoms. The van der Waals surface area contributed by atoms with Crippen LogP contribution in [0.2, 0.25) is 0 Å². The van der Waals surface area contributed by atoms with Crippen LogP contribution >= 0.6 is 15.9 Å². The summed E-state index contributed by atoms with van der Waals surface area (Å²) >= 11 is 3.46. The van der Waals surface area contributed by atoms with E-state index in [1.54, 1.807) is 7.11 Å². The Labute approximate surface area is 129 Å². The largest absolute Gasteiger partial charge is 0.497 e. The highest BCUT2D eigenvalue weighted by molar-refractivity contribution is 9.10. The Balaban J connectivity index is 1.99. The lowest BCUT2D eigenvalue weighted by Gasteiger charge is -2.15. The quantitative estimate of drug-likeness (QED) is 0.872. The van der Waals surface area contributed by atoms with Crippen molar-refractivity contribution in [3.8, 4) is 5.75 Å². The molecule has 0 fully saturated rings. The Hall–Kier alpha value is -1.32. The molecule has 2 aromatic rings. The van der Waals surface area contributed by atoms with Crippen LogP contribution in [0, 0.1) is 5.92 Å². The summed E-state index contributed by atoms with van der Waals surface area (Å²) in [6, 6.07) is 16.7. The van der Waals surface area contributed by atoms with E-state index in [0.29, 0.717) is 12.5 Å². The average Bonchev–Trinajstić information content (AvgIpc) is 2.49. The topological polar surface area (TPSA) is 35.2 Å². The first kappa shape index (κ1) is 15.1. The molecular weight excluding hydrogens is 314 g/mol. The summed E-state index contributed by atoms with van der Waals surface area (Å²) in [5.41, 5.74) is 8.56. The first-order valence-electron chi connectivity index (χ1n) is 6.78. The van der Waals surface area contributed by atoms with Crippen molar-refractivity contribution in [2.45, 2.75) is 12.8 Å². The van der Waals surface area contributed by atoms with Crippen molar-refractivity contribution in [1.82, 2.24) is 0 Å². The second-order valence-corrected chi connectivity index (χ2v) is 5.90. The molecular formula is C17H20BrNO. The summed E-state index contributed by atoms with van der Waals surface area (Å²) in [5.74, 6) is 1.36. The summed E-state index contributed by atoms with van der Waals surface area (Å²) in [6.45, 7) is 0.697. The van der Waals surface area contributed by atoms with Gasteiger partial charge in [0, 0.05) is 4.47 Å². The van der Waals surface area contributed by atoms with Gasteiger partial charge < -0.3 is 10.5 Å². The van der Waals surface area contributed by atoms with Crippen molar-refractivity contribution < 1.29 is 4.74 Å². The predicted molar refractivity (Wildman–Crippen MR) is 87.1 cm³/mol. The first-order chi connectivity index (χ1) is 9.71. The third kappa shape index (κ3) is 4.36. The van der Waals surface area contributed by atoms with E-state index in [1.807, 2.05) is 12.1 Å². The highest BCUT2D eigenvalue weighted by atomic mass is 79.9. The Bertz CT molecular complexity index is 522. The molecule has 0 aliphatic carbocycles. The number of nitrogens with two attached hydrogens (primary N) is 1. The van der Waals surface area contributed by atoms with E-state index in [1.165, 1.54) is 11.1 Å². The molecule has 2 rings (SSSR count). The van der Waals surface area contributed by atoms with Crippen molar-refractivity contribution in [1.29, 1.82) is 0 Å². The normalized spacial score (nSPS) is 12.2. The van der Waals surface area contributed by atoms with Gasteiger partial charge in [-0.2, -0.15) is 0 Å². The highest BCUT2D eigenvalue weighted by Crippen LogP contribution is 2.18. The van der Waals surface area contributed by atoms with Crippen LogP contribution in [0.1, 0.15) is 11.1 Å². The van der Waals surface area contributed by atoms with Gasteiger partial charge >= 0.3 is 0 Å². The maximum atomic E-state index is 5.92. The van der Waals surface area contributed by atoms with E-state index in [4.69, 9.17) is 10.5 Å². The Morgan fingerprint density at radius 1 is 0.950 bits per heavy atom. The molecule has 1 atom stereocenters. The molecule has 2 nitrogen and oxygen atoms in total. The molecule has 2 N–H and O–H groups in total. The van der Waals surface area contributed by atoms with Gasteiger partial charge in [-0.25, -0.2) is 0 Å². The molecule has 0 amide bonds. The van der Waals surface area contributed by atoms with Crippen LogP contribution in [0.25, 0.3) is 0 Å². The summed E-state index contributed by atoms with van der Waals surface area (Å²) in [4.78, 5) is 0. The second kappa shape index (κ2) is 7.46. The van der Waals surface area contributed by atoms with E-state index in [-0.39, 0.29) is 0 Å². The smallest absolute Gasteiger partial charge is 0.118 e. The Morgan fingerprint density at radius 3 is 1.90 bits per heavy atom. The minimum Gasteiger partial charge on any atom is -0.497 e. The minimum atomic E-state index is 0.463. The number of ether oxygens (including phenoxy) is 1. The fourth-order valence-electron chi connectivity index (χ4n) is 2.29. The molecule has 0 spiro atoms. The molecule has 106 valence electrons. The number of hydrogen-bond donors (Lipinski definition) is 1. The standard InChI is InChI=1S/C17H20BrNO/c1-20-17-8-4-14(5-9-17)11-15(12-19)10-13-2-6-16(18)7-3-13/h2-9,15H,10-12,19H2,1H3. The monoisotopic (exact) mass is 333 g/mol. The first-order valence-corrected chi connectivity index (χ1v) is 7.58. The molecule has 0 saturated heterocycles. The third-order valence-corrected chi connectivity index (χ3v) is 3.98. The van der Waals surface area contributed by atoms with Crippen molar-refractivity contribution in [2.24, 2.45) is 11.7 Å². The lowest BCUT2D eigenvalue weighted by Crippen LogP contribution is -2.19. The van der Waals surface area contributed by atoms with Crippen molar-refractivity contribution in [3.05, 3.63) is 64.1 Å². The molecule has 0 aliphatic heterocycles. The molecule has 0 radical (unpaired) electrons. The van der Waals surface area contributed by atoms with Crippen LogP contribution in [-0.4, -0.2) is 13.7 Å². The van der Waals surface area contributed by atoms with Crippen LogP contribution in [0.15, 0.2) is 53.0 Å². The fourth-order valence-corrected chi connectivity index (χ4v) is 2.55. The van der Waals surface area contributed by atoms with E-state index in [9.17, 15) is 0 Å². The molecule has 3 heteroatoms. The molecule has 0 heterocycles. The van der Waals surface area contributed by atoms with Crippen LogP contribution in [0.3, 0.4) is 0 Å². The van der Waals surface area contributed by atoms with Crippen molar-refractivity contribution in [3.63, 3.8) is 0 Å². The van der Waals surface area contributed by atoms with E-state index in [2.05, 4.69) is 52.3 Å². The van der Waals surface area contributed by atoms with Gasteiger partial charge in [-0.3, -0.25) is 0 Å². The number of benzene rings is 2. The second-order valence-electron chi connectivity index (χ2n) is 4.98. The maximum absolute atomic E-state index is 5.92. The number of methoxy groups -OCH3 is 1. The van der Waals surface area contributed by atoms with E-state index < -0.39 is 0 Å². The Kier molecular flexibility index (Phi) is 5.62. The molecule has 0 aliphatic rings. The number of rotatable bonds is 6. The fraction of sp³-hybridized carbons (Fsp3) is 0.294. The van der Waals surface area contributed by atoms with E-state index in [0.717, 1.165) is 23.1 Å². The van der Waals surface area contributed by atoms with Gasteiger partial charge in [-0.15, -0.1) is 0 Å². The summed E-state index contributed by atoms with van der Waals surface area (Å²) < 4.78 is 6.29. The summed E-state index contributed by atoms with van der Waals surface area (Å²) in [7, 11) is 1.69. The van der Waals surface area contributed by atoms with Gasteiger partial charge in [0.05, 0.1) is 7.11 Å². The van der Waals surface area contributed by atoms with Gasteiger partial charge in [0.1, 0.15) is 5.75 Å². The van der Waals surface area contributed by atoms with Gasteiger partial charge in [0.25, 0.3) is 0 Å². The van der Waals surface area contributed by atoms with Gasteiger partial charge in [-0.1, -0.05) is 40.2 Å². The number of hydrogen-bond acceptors (Lipinski definition) is 2. The van der Waals surface area contributed by atoms with Crippen LogP contribution in [0.5, 0.6) is 5.75 Å². The van der Waals surface area contributed by atoms with Gasteiger partial charge in [0.2, 0.25) is 0 Å². The lowest BCUT2D eigenvalue weighted by atomic mass is 9.93. The van der Waals surface area contributed by atoms with Crippen LogP contribution in [0.4, 0.5) is 0 Å². The summed E-state index contributed by atoms with van der Waals surface area (Å²) in [6.07, 6.45) is 2.01. The highest BCUT2D eigenvalue weighted by Gasteiger charge is 2.09. The zero-order valence-electron chi connectivity index (χ0n) is 11.7. The minimum absolute atomic E-state index is 0.463. The molecule has 0 saturated carbocycles. The maximum Gasteiger partial charge on any atom is 0.118 e. The molecule has 0 aromatic heterocycles. The summed E-state index contributed by atoms with van der Waals surface area (Å²) in [5, 5.41) is 0. The third-order valence-electron chi connectivity index (χ3n) is 3.45. The zero-order valence-corrected chi connectivity index (χ0v) is 13.3. The van der Waals surface area contributed by atoms with Gasteiger partial charge in [0.15, 0.2) is 0 Å². The Morgan fingerprint density at radius 2 is 1.45 bits per heavy atom. The van der Waals surface area contributed by atoms with E-state index >= 15 is 0 Å². The zero-order chi connectivity index (χ0) is 14.4. The lowest BCUT2D eigenvalue weighted by molar-refractivity contribution is 0.414. The molecule has 2 aromatic carbocycles. The van der Waals surface area contributed by atoms with Crippen LogP contribution < -0.4 is 10.5 Å². The number of halogens is 1. The molecule has 0 bridgehead atoms. The van der Waals surface area contributed by atoms with Crippen molar-refractivity contribution >= 4 is 15.9 Å². The van der Waals surface area contributed by atoms with Crippen molar-refractivity contribution in [2.75, 3.05) is 13.7 Å².